The van der Waals surface area contributed by atoms with Gasteiger partial charge in [-0.05, 0) is 42.9 Å². The average molecular weight is 343 g/mol. The summed E-state index contributed by atoms with van der Waals surface area (Å²) in [6.45, 7) is 5.58. The molecule has 0 bridgehead atoms. The van der Waals surface area contributed by atoms with Gasteiger partial charge in [0.05, 0.1) is 18.1 Å². The molecular formula is C16H23ClN2O2S. The van der Waals surface area contributed by atoms with Gasteiger partial charge in [0.25, 0.3) is 5.91 Å². The Balaban J connectivity index is 0.00000144. The number of hydrogen-bond donors (Lipinski definition) is 1. The summed E-state index contributed by atoms with van der Waals surface area (Å²) >= 11 is 1.68. The van der Waals surface area contributed by atoms with Gasteiger partial charge in [-0.25, -0.2) is 0 Å². The van der Waals surface area contributed by atoms with Crippen LogP contribution in [0.2, 0.25) is 0 Å². The largest absolute Gasteiger partial charge is 0.376 e. The fourth-order valence-corrected chi connectivity index (χ4v) is 4.93. The van der Waals surface area contributed by atoms with Gasteiger partial charge in [0, 0.05) is 30.9 Å². The molecule has 0 aromatic carbocycles. The molecule has 4 heterocycles. The molecular weight excluding hydrogens is 320 g/mol. The molecule has 1 aromatic heterocycles. The van der Waals surface area contributed by atoms with Crippen molar-refractivity contribution in [1.82, 2.24) is 10.2 Å². The minimum Gasteiger partial charge on any atom is -0.376 e. The lowest BCUT2D eigenvalue weighted by Gasteiger charge is -2.38. The molecule has 1 amide bonds. The number of fused-ring (bicyclic) bond motifs is 1. The Morgan fingerprint density at radius 3 is 2.82 bits per heavy atom. The Kier molecular flexibility index (Phi) is 4.78. The van der Waals surface area contributed by atoms with Gasteiger partial charge in [-0.1, -0.05) is 0 Å². The van der Waals surface area contributed by atoms with Gasteiger partial charge in [-0.3, -0.25) is 4.79 Å². The number of thiophene rings is 1. The highest BCUT2D eigenvalue weighted by molar-refractivity contribution is 7.14. The maximum Gasteiger partial charge on any atom is 0.263 e. The van der Waals surface area contributed by atoms with Crippen molar-refractivity contribution in [2.75, 3.05) is 32.8 Å². The lowest BCUT2D eigenvalue weighted by molar-refractivity contribution is 0.0612. The van der Waals surface area contributed by atoms with Crippen LogP contribution >= 0.6 is 23.7 Å². The molecule has 6 heteroatoms. The van der Waals surface area contributed by atoms with Crippen molar-refractivity contribution >= 4 is 29.7 Å². The highest BCUT2D eigenvalue weighted by Gasteiger charge is 2.38. The summed E-state index contributed by atoms with van der Waals surface area (Å²) in [5.41, 5.74) is 1.70. The number of carbonyl (C=O) groups is 1. The molecule has 0 atom stereocenters. The van der Waals surface area contributed by atoms with Gasteiger partial charge in [-0.2, -0.15) is 0 Å². The number of amides is 1. The zero-order chi connectivity index (χ0) is 14.3. The number of halogens is 1. The molecule has 1 N–H and O–H groups in total. The molecule has 3 aliphatic rings. The third kappa shape index (κ3) is 2.92. The smallest absolute Gasteiger partial charge is 0.263 e. The van der Waals surface area contributed by atoms with E-state index in [0.717, 1.165) is 56.9 Å². The molecule has 2 fully saturated rings. The molecule has 0 aliphatic carbocycles. The topological polar surface area (TPSA) is 41.6 Å². The van der Waals surface area contributed by atoms with E-state index in [1.54, 1.807) is 11.3 Å². The van der Waals surface area contributed by atoms with Crippen molar-refractivity contribution in [3.8, 4) is 0 Å². The van der Waals surface area contributed by atoms with Crippen molar-refractivity contribution in [2.45, 2.75) is 32.3 Å². The molecule has 4 rings (SSSR count). The Hall–Kier alpha value is -0.620. The van der Waals surface area contributed by atoms with Crippen LogP contribution in [0.15, 0.2) is 6.07 Å². The van der Waals surface area contributed by atoms with Crippen LogP contribution in [-0.2, 0) is 17.8 Å². The summed E-state index contributed by atoms with van der Waals surface area (Å²) in [6.07, 6.45) is 4.54. The number of hydrogen-bond acceptors (Lipinski definition) is 4. The van der Waals surface area contributed by atoms with Crippen LogP contribution in [0.4, 0.5) is 0 Å². The molecule has 1 spiro atoms. The van der Waals surface area contributed by atoms with Crippen molar-refractivity contribution in [3.63, 3.8) is 0 Å². The van der Waals surface area contributed by atoms with Crippen LogP contribution in [0.25, 0.3) is 0 Å². The second-order valence-electron chi connectivity index (χ2n) is 6.58. The SMILES string of the molecule is Cl.O=C(c1cc2c(s1)CCOC2)N1CCC2(CCNC2)CC1. The van der Waals surface area contributed by atoms with Gasteiger partial charge in [0.15, 0.2) is 0 Å². The molecule has 22 heavy (non-hydrogen) atoms. The third-order valence-corrected chi connectivity index (χ3v) is 6.51. The third-order valence-electron chi connectivity index (χ3n) is 5.28. The first kappa shape index (κ1) is 16.2. The number of nitrogens with one attached hydrogen (secondary N) is 1. The van der Waals surface area contributed by atoms with Crippen LogP contribution in [0.5, 0.6) is 0 Å². The minimum atomic E-state index is 0. The Labute approximate surface area is 141 Å². The van der Waals surface area contributed by atoms with E-state index in [1.165, 1.54) is 16.9 Å². The minimum absolute atomic E-state index is 0. The van der Waals surface area contributed by atoms with E-state index in [4.69, 9.17) is 4.74 Å². The molecule has 3 aliphatic heterocycles. The number of likely N-dealkylation sites (tertiary alicyclic amines) is 1. The van der Waals surface area contributed by atoms with Crippen molar-refractivity contribution in [2.24, 2.45) is 5.41 Å². The van der Waals surface area contributed by atoms with Crippen molar-refractivity contribution < 1.29 is 9.53 Å². The van der Waals surface area contributed by atoms with Gasteiger partial charge in [-0.15, -0.1) is 23.7 Å². The summed E-state index contributed by atoms with van der Waals surface area (Å²) in [5, 5.41) is 3.48. The Bertz CT molecular complexity index is 521. The molecule has 4 nitrogen and oxygen atoms in total. The van der Waals surface area contributed by atoms with Crippen LogP contribution in [0.3, 0.4) is 0 Å². The van der Waals surface area contributed by atoms with Gasteiger partial charge in [0.2, 0.25) is 0 Å². The van der Waals surface area contributed by atoms with Crippen LogP contribution in [-0.4, -0.2) is 43.6 Å². The van der Waals surface area contributed by atoms with Gasteiger partial charge in [0.1, 0.15) is 0 Å². The van der Waals surface area contributed by atoms with Crippen LogP contribution in [0.1, 0.15) is 39.4 Å². The van der Waals surface area contributed by atoms with E-state index >= 15 is 0 Å². The fourth-order valence-electron chi connectivity index (χ4n) is 3.81. The normalized spacial score (nSPS) is 23.2. The fraction of sp³-hybridized carbons (Fsp3) is 0.688. The van der Waals surface area contributed by atoms with Crippen LogP contribution in [0, 0.1) is 5.41 Å². The van der Waals surface area contributed by atoms with Crippen LogP contribution < -0.4 is 5.32 Å². The number of nitrogens with zero attached hydrogens (tertiary/aromatic N) is 1. The monoisotopic (exact) mass is 342 g/mol. The van der Waals surface area contributed by atoms with E-state index in [2.05, 4.69) is 16.3 Å². The molecule has 2 saturated heterocycles. The summed E-state index contributed by atoms with van der Waals surface area (Å²) < 4.78 is 5.47. The summed E-state index contributed by atoms with van der Waals surface area (Å²) in [5.74, 6) is 0.232. The summed E-state index contributed by atoms with van der Waals surface area (Å²) in [4.78, 5) is 17.0. The summed E-state index contributed by atoms with van der Waals surface area (Å²) in [7, 11) is 0. The zero-order valence-electron chi connectivity index (χ0n) is 12.7. The number of carbonyl (C=O) groups excluding carboxylic acids is 1. The lowest BCUT2D eigenvalue weighted by atomic mass is 9.78. The van der Waals surface area contributed by atoms with E-state index in [1.807, 2.05) is 0 Å². The predicted octanol–water partition coefficient (Wildman–Crippen LogP) is 2.46. The van der Waals surface area contributed by atoms with Gasteiger partial charge >= 0.3 is 0 Å². The zero-order valence-corrected chi connectivity index (χ0v) is 14.4. The predicted molar refractivity (Wildman–Crippen MR) is 90.0 cm³/mol. The number of ether oxygens (including phenoxy) is 1. The standard InChI is InChI=1S/C16H22N2O2S.ClH/c19-15(14-9-12-10-20-8-1-13(12)21-14)18-6-3-16(4-7-18)2-5-17-11-16;/h9,17H,1-8,10-11H2;1H. The maximum atomic E-state index is 12.7. The van der Waals surface area contributed by atoms with E-state index in [-0.39, 0.29) is 18.3 Å². The van der Waals surface area contributed by atoms with E-state index < -0.39 is 0 Å². The first-order valence-corrected chi connectivity index (χ1v) is 8.77. The van der Waals surface area contributed by atoms with E-state index in [0.29, 0.717) is 12.0 Å². The number of rotatable bonds is 1. The first-order chi connectivity index (χ1) is 10.3. The first-order valence-electron chi connectivity index (χ1n) is 7.95. The second kappa shape index (κ2) is 6.48. The highest BCUT2D eigenvalue weighted by atomic mass is 35.5. The van der Waals surface area contributed by atoms with Crippen molar-refractivity contribution in [3.05, 3.63) is 21.4 Å². The van der Waals surface area contributed by atoms with Gasteiger partial charge < -0.3 is 15.0 Å². The Morgan fingerprint density at radius 2 is 2.14 bits per heavy atom. The lowest BCUT2D eigenvalue weighted by Crippen LogP contribution is -2.43. The molecule has 0 unspecified atom stereocenters. The maximum absolute atomic E-state index is 12.7. The molecule has 0 saturated carbocycles. The quantitative estimate of drug-likeness (QED) is 0.852. The van der Waals surface area contributed by atoms with E-state index in [9.17, 15) is 4.79 Å². The average Bonchev–Trinajstić information content (AvgIpc) is 3.14. The highest BCUT2D eigenvalue weighted by Crippen LogP contribution is 2.37. The van der Waals surface area contributed by atoms with Crippen molar-refractivity contribution in [1.29, 1.82) is 0 Å². The molecule has 0 radical (unpaired) electrons. The molecule has 1 aromatic rings. The second-order valence-corrected chi connectivity index (χ2v) is 7.72. The number of piperidine rings is 1. The molecule has 122 valence electrons. The summed E-state index contributed by atoms with van der Waals surface area (Å²) in [6, 6.07) is 2.06. The Morgan fingerprint density at radius 1 is 1.32 bits per heavy atom.